The lowest BCUT2D eigenvalue weighted by molar-refractivity contribution is -0.841. The number of rotatable bonds is 0. The molecule has 6 heavy (non-hydrogen) atoms. The van der Waals surface area contributed by atoms with Gasteiger partial charge in [-0.3, -0.25) is 0 Å². The van der Waals surface area contributed by atoms with Crippen molar-refractivity contribution in [3.8, 4) is 0 Å². The van der Waals surface area contributed by atoms with Gasteiger partial charge in [0.25, 0.3) is 0 Å². The molecule has 1 nitrogen and oxygen atoms in total. The van der Waals surface area contributed by atoms with Crippen molar-refractivity contribution in [1.29, 1.82) is 0 Å². The molecular weight excluding hydrogens is 74.1 g/mol. The number of quaternary nitrogens is 1. The molecule has 0 atom stereocenters. The van der Waals surface area contributed by atoms with Gasteiger partial charge in [0.1, 0.15) is 13.1 Å². The molecule has 0 amide bonds. The SMILES string of the molecule is C1C[N+]2(C1)CC2. The van der Waals surface area contributed by atoms with E-state index in [2.05, 4.69) is 0 Å². The molecule has 0 radical (unpaired) electrons. The molecule has 0 saturated carbocycles. The molecule has 0 N–H and O–H groups in total. The minimum Gasteiger partial charge on any atom is -0.314 e. The number of hydrogen-bond donors (Lipinski definition) is 0. The Morgan fingerprint density at radius 2 is 1.50 bits per heavy atom. The maximum Gasteiger partial charge on any atom is 0.129 e. The summed E-state index contributed by atoms with van der Waals surface area (Å²) in [5, 5.41) is 0. The first-order valence-corrected chi connectivity index (χ1v) is 2.76. The summed E-state index contributed by atoms with van der Waals surface area (Å²) < 4.78 is 1.50. The first-order chi connectivity index (χ1) is 2.91. The van der Waals surface area contributed by atoms with Crippen LogP contribution in [0.3, 0.4) is 0 Å². The lowest BCUT2D eigenvalue weighted by Gasteiger charge is -2.26. The highest BCUT2D eigenvalue weighted by Crippen LogP contribution is 2.29. The Morgan fingerprint density at radius 3 is 1.50 bits per heavy atom. The molecule has 2 saturated heterocycles. The van der Waals surface area contributed by atoms with E-state index < -0.39 is 0 Å². The van der Waals surface area contributed by atoms with Crippen molar-refractivity contribution in [1.82, 2.24) is 0 Å². The Balaban J connectivity index is 2.09. The van der Waals surface area contributed by atoms with Crippen LogP contribution < -0.4 is 0 Å². The van der Waals surface area contributed by atoms with E-state index in [1.807, 2.05) is 0 Å². The van der Waals surface area contributed by atoms with Crippen molar-refractivity contribution in [2.24, 2.45) is 0 Å². The fourth-order valence-corrected chi connectivity index (χ4v) is 1.19. The highest BCUT2D eigenvalue weighted by Gasteiger charge is 2.47. The third-order valence-corrected chi connectivity index (χ3v) is 2.12. The zero-order valence-corrected chi connectivity index (χ0v) is 3.98. The average Bonchev–Trinajstić information content (AvgIpc) is 2.02. The average molecular weight is 84.1 g/mol. The first kappa shape index (κ1) is 3.03. The summed E-state index contributed by atoms with van der Waals surface area (Å²) in [5.41, 5.74) is 0. The minimum atomic E-state index is 1.50. The van der Waals surface area contributed by atoms with Gasteiger partial charge in [-0.2, -0.15) is 0 Å². The molecule has 2 rings (SSSR count). The van der Waals surface area contributed by atoms with Gasteiger partial charge in [-0.15, -0.1) is 0 Å². The monoisotopic (exact) mass is 84.1 g/mol. The Labute approximate surface area is 38.2 Å². The van der Waals surface area contributed by atoms with Gasteiger partial charge in [-0.25, -0.2) is 0 Å². The number of hydrogen-bond acceptors (Lipinski definition) is 0. The summed E-state index contributed by atoms with van der Waals surface area (Å²) in [7, 11) is 0. The van der Waals surface area contributed by atoms with Crippen LogP contribution in [0.15, 0.2) is 0 Å². The predicted molar refractivity (Wildman–Crippen MR) is 24.3 cm³/mol. The quantitative estimate of drug-likeness (QED) is 0.291. The summed E-state index contributed by atoms with van der Waals surface area (Å²) in [6.07, 6.45) is 1.50. The molecule has 2 fully saturated rings. The topological polar surface area (TPSA) is 0 Å². The second kappa shape index (κ2) is 0.648. The summed E-state index contributed by atoms with van der Waals surface area (Å²) in [5.74, 6) is 0. The van der Waals surface area contributed by atoms with Crippen LogP contribution in [-0.2, 0) is 0 Å². The van der Waals surface area contributed by atoms with Gasteiger partial charge in [0.15, 0.2) is 0 Å². The van der Waals surface area contributed by atoms with Crippen LogP contribution in [-0.4, -0.2) is 30.7 Å². The zero-order valence-electron chi connectivity index (χ0n) is 3.98. The van der Waals surface area contributed by atoms with Crippen molar-refractivity contribution in [3.05, 3.63) is 0 Å². The summed E-state index contributed by atoms with van der Waals surface area (Å²) in [6, 6.07) is 0. The van der Waals surface area contributed by atoms with Crippen LogP contribution in [0.25, 0.3) is 0 Å². The summed E-state index contributed by atoms with van der Waals surface area (Å²) >= 11 is 0. The summed E-state index contributed by atoms with van der Waals surface area (Å²) in [6.45, 7) is 6.00. The van der Waals surface area contributed by atoms with Crippen molar-refractivity contribution >= 4 is 0 Å². The van der Waals surface area contributed by atoms with E-state index in [4.69, 9.17) is 0 Å². The molecule has 0 aromatic heterocycles. The molecular formula is C5H10N+. The molecule has 0 aliphatic carbocycles. The van der Waals surface area contributed by atoms with Crippen molar-refractivity contribution < 1.29 is 4.48 Å². The van der Waals surface area contributed by atoms with E-state index in [9.17, 15) is 0 Å². The predicted octanol–water partition coefficient (Wildman–Crippen LogP) is 0.220. The van der Waals surface area contributed by atoms with E-state index in [0.29, 0.717) is 0 Å². The molecule has 2 aliphatic heterocycles. The van der Waals surface area contributed by atoms with Crippen LogP contribution in [0, 0.1) is 0 Å². The van der Waals surface area contributed by atoms with Gasteiger partial charge < -0.3 is 4.48 Å². The Kier molecular flexibility index (Phi) is 0.327. The molecule has 0 bridgehead atoms. The van der Waals surface area contributed by atoms with Crippen LogP contribution in [0.1, 0.15) is 6.42 Å². The summed E-state index contributed by atoms with van der Waals surface area (Å²) in [4.78, 5) is 0. The molecule has 2 heterocycles. The lowest BCUT2D eigenvalue weighted by atomic mass is 10.2. The normalized spacial score (nSPS) is 36.0. The largest absolute Gasteiger partial charge is 0.314 e. The molecule has 0 aromatic rings. The maximum atomic E-state index is 1.50. The number of nitrogens with zero attached hydrogens (tertiary/aromatic N) is 1. The Morgan fingerprint density at radius 1 is 0.833 bits per heavy atom. The smallest absolute Gasteiger partial charge is 0.129 e. The van der Waals surface area contributed by atoms with Gasteiger partial charge in [-0.1, -0.05) is 0 Å². The van der Waals surface area contributed by atoms with E-state index >= 15 is 0 Å². The standard InChI is InChI=1S/C5H10N/c1-2-6(3-1)4-5-6/h1-5H2/q+1. The highest BCUT2D eigenvalue weighted by atomic mass is 15.5. The third kappa shape index (κ3) is 0.207. The van der Waals surface area contributed by atoms with Crippen molar-refractivity contribution in [3.63, 3.8) is 0 Å². The maximum absolute atomic E-state index is 1.50. The molecule has 34 valence electrons. The fourth-order valence-electron chi connectivity index (χ4n) is 1.19. The van der Waals surface area contributed by atoms with E-state index in [1.165, 1.54) is 37.1 Å². The lowest BCUT2D eigenvalue weighted by Crippen LogP contribution is -2.39. The second-order valence-electron chi connectivity index (χ2n) is 2.59. The van der Waals surface area contributed by atoms with Gasteiger partial charge in [0.2, 0.25) is 0 Å². The third-order valence-electron chi connectivity index (χ3n) is 2.12. The van der Waals surface area contributed by atoms with Gasteiger partial charge in [-0.05, 0) is 0 Å². The van der Waals surface area contributed by atoms with Gasteiger partial charge in [0, 0.05) is 6.42 Å². The van der Waals surface area contributed by atoms with Crippen molar-refractivity contribution in [2.75, 3.05) is 26.2 Å². The first-order valence-electron chi connectivity index (χ1n) is 2.76. The van der Waals surface area contributed by atoms with E-state index in [0.717, 1.165) is 0 Å². The highest BCUT2D eigenvalue weighted by molar-refractivity contribution is 4.64. The van der Waals surface area contributed by atoms with E-state index in [1.54, 1.807) is 0 Å². The Bertz CT molecular complexity index is 68.0. The zero-order chi connectivity index (χ0) is 4.04. The Hall–Kier alpha value is -0.0400. The van der Waals surface area contributed by atoms with Crippen LogP contribution >= 0.6 is 0 Å². The second-order valence-corrected chi connectivity index (χ2v) is 2.59. The van der Waals surface area contributed by atoms with E-state index in [-0.39, 0.29) is 0 Å². The van der Waals surface area contributed by atoms with Gasteiger partial charge in [0.05, 0.1) is 13.1 Å². The van der Waals surface area contributed by atoms with Gasteiger partial charge >= 0.3 is 0 Å². The molecule has 0 aromatic carbocycles. The molecule has 0 unspecified atom stereocenters. The van der Waals surface area contributed by atoms with Crippen LogP contribution in [0.2, 0.25) is 0 Å². The van der Waals surface area contributed by atoms with Crippen LogP contribution in [0.4, 0.5) is 0 Å². The van der Waals surface area contributed by atoms with Crippen LogP contribution in [0.5, 0.6) is 0 Å². The fraction of sp³-hybridized carbons (Fsp3) is 1.00. The minimum absolute atomic E-state index is 1.50. The molecule has 1 heteroatoms. The van der Waals surface area contributed by atoms with Crippen molar-refractivity contribution in [2.45, 2.75) is 6.42 Å². The molecule has 2 aliphatic rings. The molecule has 1 spiro atoms.